The monoisotopic (exact) mass is 340 g/mol. The van der Waals surface area contributed by atoms with E-state index in [4.69, 9.17) is 0 Å². The molecule has 9 heteroatoms. The molecule has 1 atom stereocenters. The number of nitrogens with one attached hydrogen (secondary N) is 2. The first kappa shape index (κ1) is 16.6. The Bertz CT molecular complexity index is 784. The molecule has 130 valence electrons. The van der Waals surface area contributed by atoms with Crippen LogP contribution in [0.3, 0.4) is 0 Å². The minimum atomic E-state index is -0.332. The zero-order valence-corrected chi connectivity index (χ0v) is 13.9. The van der Waals surface area contributed by atoms with E-state index in [0.717, 1.165) is 18.7 Å². The Kier molecular flexibility index (Phi) is 5.35. The van der Waals surface area contributed by atoms with Gasteiger partial charge in [0.05, 0.1) is 11.7 Å². The predicted molar refractivity (Wildman–Crippen MR) is 90.9 cm³/mol. The number of benzene rings is 1. The fourth-order valence-corrected chi connectivity index (χ4v) is 2.41. The number of rotatable bonds is 7. The maximum atomic E-state index is 12.0. The SMILES string of the molecule is CC(NC(=O)NCCCn1cccn1)c1nnnn1-c1ccccc1. The van der Waals surface area contributed by atoms with E-state index in [9.17, 15) is 4.79 Å². The molecule has 1 unspecified atom stereocenters. The number of aromatic nitrogens is 6. The lowest BCUT2D eigenvalue weighted by atomic mass is 10.3. The third kappa shape index (κ3) is 4.40. The van der Waals surface area contributed by atoms with Gasteiger partial charge in [-0.25, -0.2) is 4.79 Å². The topological polar surface area (TPSA) is 103 Å². The Hall–Kier alpha value is -3.23. The van der Waals surface area contributed by atoms with Crippen molar-refractivity contribution in [3.63, 3.8) is 0 Å². The second-order valence-corrected chi connectivity index (χ2v) is 5.53. The van der Waals surface area contributed by atoms with E-state index in [-0.39, 0.29) is 12.1 Å². The molecule has 2 N–H and O–H groups in total. The molecule has 2 amide bonds. The summed E-state index contributed by atoms with van der Waals surface area (Å²) in [6.07, 6.45) is 4.43. The maximum Gasteiger partial charge on any atom is 0.315 e. The number of carbonyl (C=O) groups is 1. The molecule has 0 saturated heterocycles. The molecule has 9 nitrogen and oxygen atoms in total. The Labute approximate surface area is 145 Å². The standard InChI is InChI=1S/C16H20N8O/c1-13(15-20-21-22-24(15)14-7-3-2-4-8-14)19-16(25)17-9-5-11-23-12-6-10-18-23/h2-4,6-8,10,12-13H,5,9,11H2,1H3,(H2,17,19,25). The molecular weight excluding hydrogens is 320 g/mol. The minimum Gasteiger partial charge on any atom is -0.338 e. The summed E-state index contributed by atoms with van der Waals surface area (Å²) in [7, 11) is 0. The number of hydrogen-bond acceptors (Lipinski definition) is 5. The number of nitrogens with zero attached hydrogens (tertiary/aromatic N) is 6. The minimum absolute atomic E-state index is 0.254. The highest BCUT2D eigenvalue weighted by molar-refractivity contribution is 5.74. The molecule has 0 aliphatic rings. The van der Waals surface area contributed by atoms with E-state index < -0.39 is 0 Å². The zero-order chi connectivity index (χ0) is 17.5. The number of aryl methyl sites for hydroxylation is 1. The van der Waals surface area contributed by atoms with Gasteiger partial charge in [-0.05, 0) is 42.0 Å². The van der Waals surface area contributed by atoms with Gasteiger partial charge in [0, 0.05) is 25.5 Å². The van der Waals surface area contributed by atoms with Gasteiger partial charge in [-0.3, -0.25) is 4.68 Å². The number of carbonyl (C=O) groups excluding carboxylic acids is 1. The van der Waals surface area contributed by atoms with E-state index in [1.165, 1.54) is 0 Å². The highest BCUT2D eigenvalue weighted by Gasteiger charge is 2.17. The van der Waals surface area contributed by atoms with Crippen molar-refractivity contribution in [1.29, 1.82) is 0 Å². The zero-order valence-electron chi connectivity index (χ0n) is 13.9. The van der Waals surface area contributed by atoms with Crippen LogP contribution >= 0.6 is 0 Å². The lowest BCUT2D eigenvalue weighted by molar-refractivity contribution is 0.237. The molecule has 1 aromatic carbocycles. The summed E-state index contributed by atoms with van der Waals surface area (Å²) in [5.74, 6) is 0.567. The summed E-state index contributed by atoms with van der Waals surface area (Å²) in [6, 6.07) is 10.8. The van der Waals surface area contributed by atoms with Gasteiger partial charge in [0.2, 0.25) is 0 Å². The van der Waals surface area contributed by atoms with Crippen molar-refractivity contribution in [3.8, 4) is 5.69 Å². The summed E-state index contributed by atoms with van der Waals surface area (Å²) in [4.78, 5) is 12.0. The summed E-state index contributed by atoms with van der Waals surface area (Å²) in [6.45, 7) is 3.16. The second-order valence-electron chi connectivity index (χ2n) is 5.53. The summed E-state index contributed by atoms with van der Waals surface area (Å²) in [5.41, 5.74) is 0.843. The summed E-state index contributed by atoms with van der Waals surface area (Å²) in [5, 5.41) is 21.5. The molecule has 2 aromatic heterocycles. The van der Waals surface area contributed by atoms with Crippen LogP contribution in [0.15, 0.2) is 48.8 Å². The van der Waals surface area contributed by atoms with Crippen molar-refractivity contribution in [2.24, 2.45) is 0 Å². The summed E-state index contributed by atoms with van der Waals surface area (Å²) >= 11 is 0. The average Bonchev–Trinajstić information content (AvgIpc) is 3.31. The van der Waals surface area contributed by atoms with Crippen LogP contribution in [-0.2, 0) is 6.54 Å². The van der Waals surface area contributed by atoms with Gasteiger partial charge in [-0.1, -0.05) is 18.2 Å². The van der Waals surface area contributed by atoms with Crippen LogP contribution in [0.25, 0.3) is 5.69 Å². The number of amides is 2. The first-order valence-electron chi connectivity index (χ1n) is 8.09. The molecule has 0 fully saturated rings. The van der Waals surface area contributed by atoms with Gasteiger partial charge in [-0.2, -0.15) is 9.78 Å². The first-order valence-corrected chi connectivity index (χ1v) is 8.09. The molecule has 0 aliphatic heterocycles. The molecule has 0 spiro atoms. The van der Waals surface area contributed by atoms with Crippen LogP contribution in [-0.4, -0.2) is 42.6 Å². The molecule has 3 aromatic rings. The number of urea groups is 1. The predicted octanol–water partition coefficient (Wildman–Crippen LogP) is 1.31. The van der Waals surface area contributed by atoms with Crippen molar-refractivity contribution in [1.82, 2.24) is 40.6 Å². The van der Waals surface area contributed by atoms with Gasteiger partial charge >= 0.3 is 6.03 Å². The van der Waals surface area contributed by atoms with Crippen LogP contribution in [0.2, 0.25) is 0 Å². The molecular formula is C16H20N8O. The highest BCUT2D eigenvalue weighted by atomic mass is 16.2. The van der Waals surface area contributed by atoms with Crippen molar-refractivity contribution in [3.05, 3.63) is 54.6 Å². The van der Waals surface area contributed by atoms with Crippen molar-refractivity contribution in [2.45, 2.75) is 25.9 Å². The normalized spacial score (nSPS) is 11.9. The first-order chi connectivity index (χ1) is 12.2. The molecule has 3 rings (SSSR count). The fraction of sp³-hybridized carbons (Fsp3) is 0.312. The van der Waals surface area contributed by atoms with Gasteiger partial charge < -0.3 is 10.6 Å². The van der Waals surface area contributed by atoms with Crippen LogP contribution < -0.4 is 10.6 Å². The molecule has 0 saturated carbocycles. The molecule has 0 radical (unpaired) electrons. The van der Waals surface area contributed by atoms with E-state index >= 15 is 0 Å². The molecule has 0 bridgehead atoms. The molecule has 25 heavy (non-hydrogen) atoms. The van der Waals surface area contributed by atoms with Crippen molar-refractivity contribution in [2.75, 3.05) is 6.54 Å². The smallest absolute Gasteiger partial charge is 0.315 e. The number of hydrogen-bond donors (Lipinski definition) is 2. The van der Waals surface area contributed by atoms with Crippen LogP contribution in [0.5, 0.6) is 0 Å². The van der Waals surface area contributed by atoms with E-state index in [2.05, 4.69) is 31.3 Å². The van der Waals surface area contributed by atoms with Crippen LogP contribution in [0.1, 0.15) is 25.2 Å². The van der Waals surface area contributed by atoms with E-state index in [0.29, 0.717) is 12.4 Å². The Morgan fingerprint density at radius 3 is 2.84 bits per heavy atom. The molecule has 0 aliphatic carbocycles. The average molecular weight is 340 g/mol. The molecule has 2 heterocycles. The lowest BCUT2D eigenvalue weighted by Crippen LogP contribution is -2.38. The number of tetrazole rings is 1. The van der Waals surface area contributed by atoms with Crippen molar-refractivity contribution < 1.29 is 4.79 Å². The second kappa shape index (κ2) is 8.04. The summed E-state index contributed by atoms with van der Waals surface area (Å²) < 4.78 is 3.44. The van der Waals surface area contributed by atoms with Gasteiger partial charge in [0.1, 0.15) is 0 Å². The Balaban J connectivity index is 1.50. The van der Waals surface area contributed by atoms with Crippen LogP contribution in [0, 0.1) is 0 Å². The van der Waals surface area contributed by atoms with Gasteiger partial charge in [0.25, 0.3) is 0 Å². The number of para-hydroxylation sites is 1. The van der Waals surface area contributed by atoms with Gasteiger partial charge in [-0.15, -0.1) is 5.10 Å². The Morgan fingerprint density at radius 2 is 2.08 bits per heavy atom. The van der Waals surface area contributed by atoms with Gasteiger partial charge in [0.15, 0.2) is 5.82 Å². The van der Waals surface area contributed by atoms with E-state index in [1.807, 2.05) is 54.2 Å². The largest absolute Gasteiger partial charge is 0.338 e. The van der Waals surface area contributed by atoms with E-state index in [1.54, 1.807) is 10.9 Å². The van der Waals surface area contributed by atoms with Crippen molar-refractivity contribution >= 4 is 6.03 Å². The Morgan fingerprint density at radius 1 is 1.24 bits per heavy atom. The maximum absolute atomic E-state index is 12.0. The lowest BCUT2D eigenvalue weighted by Gasteiger charge is -2.14. The highest BCUT2D eigenvalue weighted by Crippen LogP contribution is 2.13. The van der Waals surface area contributed by atoms with Crippen LogP contribution in [0.4, 0.5) is 4.79 Å². The third-order valence-corrected chi connectivity index (χ3v) is 3.64. The quantitative estimate of drug-likeness (QED) is 0.631. The fourth-order valence-electron chi connectivity index (χ4n) is 2.41. The third-order valence-electron chi connectivity index (χ3n) is 3.64.